The van der Waals surface area contributed by atoms with E-state index < -0.39 is 50.3 Å². The van der Waals surface area contributed by atoms with Crippen molar-refractivity contribution >= 4 is 27.4 Å². The van der Waals surface area contributed by atoms with E-state index in [4.69, 9.17) is 10.2 Å². The minimum Gasteiger partial charge on any atom is -0.403 e. The Morgan fingerprint density at radius 2 is 1.88 bits per heavy atom. The van der Waals surface area contributed by atoms with Crippen molar-refractivity contribution in [2.24, 2.45) is 5.73 Å². The molecule has 1 aliphatic rings. The molecule has 0 saturated carbocycles. The van der Waals surface area contributed by atoms with Crippen molar-refractivity contribution < 1.29 is 39.7 Å². The maximum absolute atomic E-state index is 15.2. The zero-order chi connectivity index (χ0) is 29.7. The summed E-state index contributed by atoms with van der Waals surface area (Å²) in [7, 11) is -4.20. The van der Waals surface area contributed by atoms with E-state index in [0.717, 1.165) is 17.0 Å². The number of anilines is 2. The Morgan fingerprint density at radius 3 is 2.51 bits per heavy atom. The average Bonchev–Trinajstić information content (AvgIpc) is 3.56. The van der Waals surface area contributed by atoms with Crippen LogP contribution in [0.5, 0.6) is 0 Å². The number of nitrogens with two attached hydrogens (primary N) is 1. The van der Waals surface area contributed by atoms with Crippen molar-refractivity contribution in [3.8, 4) is 22.8 Å². The van der Waals surface area contributed by atoms with Crippen molar-refractivity contribution in [1.82, 2.24) is 20.3 Å². The number of carbonyl (C=O) groups is 1. The van der Waals surface area contributed by atoms with Gasteiger partial charge in [0.25, 0.3) is 5.89 Å². The zero-order valence-corrected chi connectivity index (χ0v) is 22.1. The number of hydrogen-bond acceptors (Lipinski definition) is 11. The highest BCUT2D eigenvalue weighted by Crippen LogP contribution is 2.37. The van der Waals surface area contributed by atoms with Crippen molar-refractivity contribution in [3.63, 3.8) is 0 Å². The SMILES string of the molecule is CC(C)Nc1nnc(-c2cc3c(cc2F)S(=O)(=O)C[C@H](N)C(=O)N3Cc2ccc(-c3noc(C(F)(F)F)n3)cc2)o1. The molecule has 4 aromatic rings. The first-order chi connectivity index (χ1) is 19.2. The summed E-state index contributed by atoms with van der Waals surface area (Å²) in [5.74, 6) is -4.55. The lowest BCUT2D eigenvalue weighted by atomic mass is 10.1. The molecule has 1 atom stereocenters. The first kappa shape index (κ1) is 28.2. The topological polar surface area (TPSA) is 170 Å². The third-order valence-corrected chi connectivity index (χ3v) is 7.74. The number of benzene rings is 2. The molecule has 3 N–H and O–H groups in total. The Labute approximate surface area is 229 Å². The molecule has 3 heterocycles. The number of halogens is 4. The van der Waals surface area contributed by atoms with Crippen LogP contribution in [-0.4, -0.2) is 52.5 Å². The van der Waals surface area contributed by atoms with Gasteiger partial charge in [0.15, 0.2) is 9.84 Å². The molecule has 0 aliphatic carbocycles. The second-order valence-corrected chi connectivity index (χ2v) is 11.4. The monoisotopic (exact) mass is 595 g/mol. The molecule has 1 amide bonds. The number of sulfone groups is 1. The van der Waals surface area contributed by atoms with Gasteiger partial charge in [-0.2, -0.15) is 18.2 Å². The van der Waals surface area contributed by atoms with Crippen LogP contribution < -0.4 is 16.0 Å². The number of nitrogens with one attached hydrogen (secondary N) is 1. The van der Waals surface area contributed by atoms with Gasteiger partial charge in [-0.05, 0) is 31.5 Å². The Balaban J connectivity index is 1.53. The van der Waals surface area contributed by atoms with Crippen molar-refractivity contribution in [2.45, 2.75) is 43.5 Å². The molecule has 41 heavy (non-hydrogen) atoms. The Morgan fingerprint density at radius 1 is 1.17 bits per heavy atom. The first-order valence-electron chi connectivity index (χ1n) is 12.0. The van der Waals surface area contributed by atoms with Gasteiger partial charge in [0, 0.05) is 11.6 Å². The number of carbonyl (C=O) groups excluding carboxylic acids is 1. The summed E-state index contributed by atoms with van der Waals surface area (Å²) in [5, 5.41) is 13.8. The normalized spacial score (nSPS) is 17.0. The van der Waals surface area contributed by atoms with Gasteiger partial charge in [0.1, 0.15) is 5.82 Å². The van der Waals surface area contributed by atoms with Crippen LogP contribution in [0.3, 0.4) is 0 Å². The summed E-state index contributed by atoms with van der Waals surface area (Å²) in [6.07, 6.45) is -4.81. The Hall–Kier alpha value is -4.38. The van der Waals surface area contributed by atoms with Crippen LogP contribution in [0.2, 0.25) is 0 Å². The highest BCUT2D eigenvalue weighted by atomic mass is 32.2. The summed E-state index contributed by atoms with van der Waals surface area (Å²) in [6, 6.07) is 6.13. The predicted molar refractivity (Wildman–Crippen MR) is 134 cm³/mol. The molecule has 0 radical (unpaired) electrons. The second-order valence-electron chi connectivity index (χ2n) is 9.44. The lowest BCUT2D eigenvalue weighted by molar-refractivity contribution is -0.159. The van der Waals surface area contributed by atoms with E-state index in [1.165, 1.54) is 24.3 Å². The molecule has 5 rings (SSSR count). The molecule has 2 aromatic carbocycles. The van der Waals surface area contributed by atoms with Crippen molar-refractivity contribution in [3.05, 3.63) is 53.7 Å². The van der Waals surface area contributed by atoms with Crippen molar-refractivity contribution in [2.75, 3.05) is 16.0 Å². The van der Waals surface area contributed by atoms with Gasteiger partial charge in [-0.15, -0.1) is 5.10 Å². The van der Waals surface area contributed by atoms with Crippen LogP contribution in [0.4, 0.5) is 29.3 Å². The van der Waals surface area contributed by atoms with E-state index in [1.807, 2.05) is 13.8 Å². The number of fused-ring (bicyclic) bond motifs is 1. The number of rotatable bonds is 6. The summed E-state index contributed by atoms with van der Waals surface area (Å²) in [4.78, 5) is 17.2. The highest BCUT2D eigenvalue weighted by Gasteiger charge is 2.39. The van der Waals surface area contributed by atoms with E-state index in [0.29, 0.717) is 5.56 Å². The lowest BCUT2D eigenvalue weighted by Crippen LogP contribution is -2.45. The summed E-state index contributed by atoms with van der Waals surface area (Å²) in [5.41, 5.74) is 6.15. The fourth-order valence-electron chi connectivity index (χ4n) is 4.08. The fourth-order valence-corrected chi connectivity index (χ4v) is 5.65. The van der Waals surface area contributed by atoms with E-state index in [9.17, 15) is 26.4 Å². The van der Waals surface area contributed by atoms with Crippen LogP contribution >= 0.6 is 0 Å². The van der Waals surface area contributed by atoms with E-state index in [1.54, 1.807) is 0 Å². The van der Waals surface area contributed by atoms with E-state index >= 15 is 4.39 Å². The average molecular weight is 596 g/mol. The molecule has 0 fully saturated rings. The first-order valence-corrected chi connectivity index (χ1v) is 13.6. The molecule has 0 bridgehead atoms. The molecule has 17 heteroatoms. The van der Waals surface area contributed by atoms with Gasteiger partial charge in [0.2, 0.25) is 11.7 Å². The number of amides is 1. The lowest BCUT2D eigenvalue weighted by Gasteiger charge is -2.24. The largest absolute Gasteiger partial charge is 0.471 e. The van der Waals surface area contributed by atoms with Crippen LogP contribution in [0.25, 0.3) is 22.8 Å². The smallest absolute Gasteiger partial charge is 0.403 e. The van der Waals surface area contributed by atoms with Crippen LogP contribution in [-0.2, 0) is 27.4 Å². The summed E-state index contributed by atoms with van der Waals surface area (Å²) < 4.78 is 89.5. The highest BCUT2D eigenvalue weighted by molar-refractivity contribution is 7.91. The van der Waals surface area contributed by atoms with Crippen LogP contribution in [0.15, 0.2) is 50.2 Å². The number of alkyl halides is 3. The molecule has 2 aromatic heterocycles. The maximum Gasteiger partial charge on any atom is 0.471 e. The number of nitrogens with zero attached hydrogens (tertiary/aromatic N) is 5. The maximum atomic E-state index is 15.2. The van der Waals surface area contributed by atoms with E-state index in [2.05, 4.69) is 30.2 Å². The van der Waals surface area contributed by atoms with E-state index in [-0.39, 0.29) is 47.1 Å². The molecule has 216 valence electrons. The third kappa shape index (κ3) is 5.62. The van der Waals surface area contributed by atoms with Crippen LogP contribution in [0, 0.1) is 5.82 Å². The van der Waals surface area contributed by atoms with Gasteiger partial charge in [-0.3, -0.25) is 4.79 Å². The number of aromatic nitrogens is 4. The molecular weight excluding hydrogens is 574 g/mol. The molecule has 0 unspecified atom stereocenters. The predicted octanol–water partition coefficient (Wildman–Crippen LogP) is 3.41. The van der Waals surface area contributed by atoms with Gasteiger partial charge >= 0.3 is 18.1 Å². The van der Waals surface area contributed by atoms with Gasteiger partial charge < -0.3 is 24.9 Å². The fraction of sp³-hybridized carbons (Fsp3) is 0.292. The minimum atomic E-state index is -4.81. The molecule has 12 nitrogen and oxygen atoms in total. The van der Waals surface area contributed by atoms with Gasteiger partial charge in [-0.1, -0.05) is 34.5 Å². The summed E-state index contributed by atoms with van der Waals surface area (Å²) in [6.45, 7) is 3.42. The minimum absolute atomic E-state index is 0.0102. The van der Waals surface area contributed by atoms with Crippen molar-refractivity contribution in [1.29, 1.82) is 0 Å². The third-order valence-electron chi connectivity index (χ3n) is 5.95. The Bertz CT molecular complexity index is 1720. The molecule has 1 aliphatic heterocycles. The van der Waals surface area contributed by atoms with Crippen LogP contribution in [0.1, 0.15) is 25.3 Å². The zero-order valence-electron chi connectivity index (χ0n) is 21.3. The molecular formula is C24H21F4N7O5S. The molecule has 0 saturated heterocycles. The van der Waals surface area contributed by atoms with Gasteiger partial charge in [-0.25, -0.2) is 12.8 Å². The Kier molecular flexibility index (Phi) is 7.02. The summed E-state index contributed by atoms with van der Waals surface area (Å²) >= 11 is 0. The number of hydrogen-bond donors (Lipinski definition) is 2. The second kappa shape index (κ2) is 10.2. The quantitative estimate of drug-likeness (QED) is 0.313. The van der Waals surface area contributed by atoms with Gasteiger partial charge in [0.05, 0.1) is 34.5 Å². The standard InChI is InChI=1S/C24H21F4N7O5S/c1-11(2)30-23-33-32-20(39-23)14-7-17-18(8-15(14)25)41(37,38)10-16(29)21(36)35(17)9-12-3-5-13(6-4-12)19-31-22(40-34-19)24(26,27)28/h3-8,11,16H,9-10,29H2,1-2H3,(H,30,33)/t16-/m0/s1. The molecule has 0 spiro atoms.